The summed E-state index contributed by atoms with van der Waals surface area (Å²) < 4.78 is 0. The lowest BCUT2D eigenvalue weighted by Crippen LogP contribution is -2.50. The maximum atomic E-state index is 12.8. The molecule has 7 nitrogen and oxygen atoms in total. The van der Waals surface area contributed by atoms with E-state index in [4.69, 9.17) is 21.6 Å². The molecule has 1 saturated heterocycles. The number of fused-ring (bicyclic) bond motifs is 3. The highest BCUT2D eigenvalue weighted by Gasteiger charge is 2.29. The summed E-state index contributed by atoms with van der Waals surface area (Å²) in [4.78, 5) is 32.1. The van der Waals surface area contributed by atoms with Crippen LogP contribution in [0, 0.1) is 0 Å². The maximum absolute atomic E-state index is 12.8. The average Bonchev–Trinajstić information content (AvgIpc) is 3.21. The molecule has 34 heavy (non-hydrogen) atoms. The second-order valence-electron chi connectivity index (χ2n) is 9.28. The minimum absolute atomic E-state index is 0.0924. The Bertz CT molecular complexity index is 1200. The molecular weight excluding hydrogens is 468 g/mol. The number of aromatic nitrogens is 2. The molecule has 0 atom stereocenters. The third-order valence-electron chi connectivity index (χ3n) is 6.68. The largest absolute Gasteiger partial charge is 0.352 e. The molecule has 0 saturated carbocycles. The van der Waals surface area contributed by atoms with Crippen molar-refractivity contribution in [2.45, 2.75) is 39.7 Å². The van der Waals surface area contributed by atoms with Crippen molar-refractivity contribution in [3.05, 3.63) is 45.6 Å². The highest BCUT2D eigenvalue weighted by molar-refractivity contribution is 7.19. The van der Waals surface area contributed by atoms with Gasteiger partial charge in [-0.3, -0.25) is 4.90 Å². The molecule has 2 amide bonds. The Morgan fingerprint density at radius 2 is 1.97 bits per heavy atom. The Kier molecular flexibility index (Phi) is 6.64. The standard InChI is InChI=1S/C25H31ClN6OS/c1-4-30-9-8-19-20(15-30)34-24-21(19)23(28-22(29-24)16(2)3)31-10-12-32(13-11-31)25(33)27-18-7-5-6-17(26)14-18/h5-7,14,16H,4,8-13,15H2,1-3H3,(H,27,33). The number of benzene rings is 1. The molecule has 180 valence electrons. The molecule has 0 radical (unpaired) electrons. The van der Waals surface area contributed by atoms with E-state index >= 15 is 0 Å². The van der Waals surface area contributed by atoms with Gasteiger partial charge in [0.2, 0.25) is 0 Å². The fourth-order valence-electron chi connectivity index (χ4n) is 4.69. The van der Waals surface area contributed by atoms with Crippen molar-refractivity contribution in [3.63, 3.8) is 0 Å². The van der Waals surface area contributed by atoms with Crippen LogP contribution >= 0.6 is 22.9 Å². The zero-order valence-corrected chi connectivity index (χ0v) is 21.5. The van der Waals surface area contributed by atoms with Crippen LogP contribution in [0.25, 0.3) is 10.2 Å². The molecule has 9 heteroatoms. The van der Waals surface area contributed by atoms with Gasteiger partial charge >= 0.3 is 6.03 Å². The number of likely N-dealkylation sites (N-methyl/N-ethyl adjacent to an activating group) is 1. The summed E-state index contributed by atoms with van der Waals surface area (Å²) in [6.07, 6.45) is 1.04. The van der Waals surface area contributed by atoms with Gasteiger partial charge in [-0.25, -0.2) is 14.8 Å². The minimum Gasteiger partial charge on any atom is -0.352 e. The number of piperazine rings is 1. The van der Waals surface area contributed by atoms with Crippen molar-refractivity contribution in [3.8, 4) is 0 Å². The zero-order chi connectivity index (χ0) is 23.8. The van der Waals surface area contributed by atoms with Gasteiger partial charge in [0, 0.05) is 60.8 Å². The molecular formula is C25H31ClN6OS. The van der Waals surface area contributed by atoms with Gasteiger partial charge in [0.25, 0.3) is 0 Å². The second-order valence-corrected chi connectivity index (χ2v) is 10.8. The van der Waals surface area contributed by atoms with Crippen LogP contribution in [0.15, 0.2) is 24.3 Å². The Balaban J connectivity index is 1.38. The molecule has 3 aromatic rings. The maximum Gasteiger partial charge on any atom is 0.321 e. The van der Waals surface area contributed by atoms with E-state index in [0.717, 1.165) is 55.6 Å². The van der Waals surface area contributed by atoms with E-state index in [1.54, 1.807) is 12.1 Å². The number of nitrogens with zero attached hydrogens (tertiary/aromatic N) is 5. The van der Waals surface area contributed by atoms with E-state index in [0.29, 0.717) is 23.8 Å². The van der Waals surface area contributed by atoms with Crippen LogP contribution < -0.4 is 10.2 Å². The van der Waals surface area contributed by atoms with E-state index in [9.17, 15) is 4.79 Å². The van der Waals surface area contributed by atoms with Crippen LogP contribution in [0.3, 0.4) is 0 Å². The smallest absolute Gasteiger partial charge is 0.321 e. The first kappa shape index (κ1) is 23.3. The van der Waals surface area contributed by atoms with Crippen molar-refractivity contribution in [1.29, 1.82) is 0 Å². The van der Waals surface area contributed by atoms with Crippen LogP contribution in [0.5, 0.6) is 0 Å². The van der Waals surface area contributed by atoms with Gasteiger partial charge in [-0.15, -0.1) is 11.3 Å². The lowest BCUT2D eigenvalue weighted by Gasteiger charge is -2.36. The van der Waals surface area contributed by atoms with Crippen LogP contribution in [-0.4, -0.2) is 65.1 Å². The minimum atomic E-state index is -0.0924. The average molecular weight is 499 g/mol. The first-order valence-electron chi connectivity index (χ1n) is 12.0. The summed E-state index contributed by atoms with van der Waals surface area (Å²) in [6, 6.07) is 7.16. The van der Waals surface area contributed by atoms with E-state index in [1.807, 2.05) is 28.4 Å². The number of carbonyl (C=O) groups is 1. The number of urea groups is 1. The number of nitrogens with one attached hydrogen (secondary N) is 1. The van der Waals surface area contributed by atoms with E-state index in [2.05, 4.69) is 35.9 Å². The lowest BCUT2D eigenvalue weighted by molar-refractivity contribution is 0.208. The number of hydrogen-bond acceptors (Lipinski definition) is 6. The molecule has 0 unspecified atom stereocenters. The number of rotatable bonds is 4. The van der Waals surface area contributed by atoms with Gasteiger partial charge in [0.05, 0.1) is 5.39 Å². The summed E-state index contributed by atoms with van der Waals surface area (Å²) in [7, 11) is 0. The van der Waals surface area contributed by atoms with Gasteiger partial charge in [-0.1, -0.05) is 38.4 Å². The summed E-state index contributed by atoms with van der Waals surface area (Å²) in [5.41, 5.74) is 2.14. The van der Waals surface area contributed by atoms with Crippen molar-refractivity contribution in [2.24, 2.45) is 0 Å². The molecule has 2 aliphatic heterocycles. The quantitative estimate of drug-likeness (QED) is 0.535. The number of thiophene rings is 1. The van der Waals surface area contributed by atoms with Gasteiger partial charge in [0.15, 0.2) is 0 Å². The SMILES string of the molecule is CCN1CCc2c(sc3nc(C(C)C)nc(N4CCN(C(=O)Nc5cccc(Cl)c5)CC4)c23)C1. The number of carbonyl (C=O) groups excluding carboxylic acids is 1. The summed E-state index contributed by atoms with van der Waals surface area (Å²) in [5.74, 6) is 2.21. The fourth-order valence-corrected chi connectivity index (χ4v) is 6.15. The van der Waals surface area contributed by atoms with Crippen LogP contribution in [0.1, 0.15) is 43.0 Å². The topological polar surface area (TPSA) is 64.6 Å². The van der Waals surface area contributed by atoms with Crippen molar-refractivity contribution in [2.75, 3.05) is 49.5 Å². The highest BCUT2D eigenvalue weighted by Crippen LogP contribution is 2.39. The molecule has 0 bridgehead atoms. The second kappa shape index (κ2) is 9.68. The summed E-state index contributed by atoms with van der Waals surface area (Å²) in [6.45, 7) is 12.5. The van der Waals surface area contributed by atoms with E-state index < -0.39 is 0 Å². The Morgan fingerprint density at radius 1 is 1.18 bits per heavy atom. The number of anilines is 2. The van der Waals surface area contributed by atoms with Crippen molar-refractivity contribution >= 4 is 50.7 Å². The molecule has 1 fully saturated rings. The van der Waals surface area contributed by atoms with Gasteiger partial charge in [-0.2, -0.15) is 0 Å². The molecule has 1 aromatic carbocycles. The number of halogens is 1. The predicted molar refractivity (Wildman–Crippen MR) is 140 cm³/mol. The first-order valence-corrected chi connectivity index (χ1v) is 13.2. The normalized spacial score (nSPS) is 16.9. The molecule has 5 rings (SSSR count). The van der Waals surface area contributed by atoms with Crippen LogP contribution in [-0.2, 0) is 13.0 Å². The monoisotopic (exact) mass is 498 g/mol. The number of amides is 2. The molecule has 1 N–H and O–H groups in total. The number of hydrogen-bond donors (Lipinski definition) is 1. The first-order chi connectivity index (χ1) is 16.4. The zero-order valence-electron chi connectivity index (χ0n) is 20.0. The molecule has 0 aliphatic carbocycles. The van der Waals surface area contributed by atoms with E-state index in [-0.39, 0.29) is 11.9 Å². The molecule has 4 heterocycles. The van der Waals surface area contributed by atoms with Crippen molar-refractivity contribution in [1.82, 2.24) is 19.8 Å². The van der Waals surface area contributed by atoms with E-state index in [1.165, 1.54) is 15.8 Å². The van der Waals surface area contributed by atoms with Crippen LogP contribution in [0.2, 0.25) is 5.02 Å². The van der Waals surface area contributed by atoms with Gasteiger partial charge < -0.3 is 15.1 Å². The Labute approximate surface area is 209 Å². The van der Waals surface area contributed by atoms with Gasteiger partial charge in [-0.05, 0) is 36.7 Å². The van der Waals surface area contributed by atoms with Gasteiger partial charge in [0.1, 0.15) is 16.5 Å². The Morgan fingerprint density at radius 3 is 2.68 bits per heavy atom. The fraction of sp³-hybridized carbons (Fsp3) is 0.480. The molecule has 0 spiro atoms. The van der Waals surface area contributed by atoms with Crippen LogP contribution in [0.4, 0.5) is 16.3 Å². The van der Waals surface area contributed by atoms with Crippen molar-refractivity contribution < 1.29 is 4.79 Å². The third kappa shape index (κ3) is 4.59. The predicted octanol–water partition coefficient (Wildman–Crippen LogP) is 5.20. The highest BCUT2D eigenvalue weighted by atomic mass is 35.5. The molecule has 2 aliphatic rings. The summed E-state index contributed by atoms with van der Waals surface area (Å²) in [5, 5.41) is 4.80. The molecule has 2 aromatic heterocycles. The lowest BCUT2D eigenvalue weighted by atomic mass is 10.0. The Hall–Kier alpha value is -2.42. The summed E-state index contributed by atoms with van der Waals surface area (Å²) >= 11 is 7.89. The third-order valence-corrected chi connectivity index (χ3v) is 8.03.